The van der Waals surface area contributed by atoms with E-state index in [1.54, 1.807) is 30.2 Å². The van der Waals surface area contributed by atoms with Gasteiger partial charge in [0, 0.05) is 13.1 Å². The van der Waals surface area contributed by atoms with Gasteiger partial charge in [-0.25, -0.2) is 4.98 Å². The highest BCUT2D eigenvalue weighted by atomic mass is 32.1. The second-order valence-corrected chi connectivity index (χ2v) is 6.73. The molecule has 6 nitrogen and oxygen atoms in total. The van der Waals surface area contributed by atoms with E-state index in [4.69, 9.17) is 4.42 Å². The Morgan fingerprint density at radius 1 is 1.50 bits per heavy atom. The minimum atomic E-state index is -0.873. The lowest BCUT2D eigenvalue weighted by molar-refractivity contribution is -0.150. The molecule has 1 fully saturated rings. The number of amides is 1. The summed E-state index contributed by atoms with van der Waals surface area (Å²) in [6.07, 6.45) is 4.36. The number of carboxylic acid groups (broad SMARTS) is 1. The maximum absolute atomic E-state index is 12.6. The summed E-state index contributed by atoms with van der Waals surface area (Å²) < 4.78 is 5.27. The number of hydrogen-bond acceptors (Lipinski definition) is 5. The van der Waals surface area contributed by atoms with Gasteiger partial charge in [-0.3, -0.25) is 9.59 Å². The molecule has 116 valence electrons. The summed E-state index contributed by atoms with van der Waals surface area (Å²) >= 11 is 1.26. The predicted molar refractivity (Wildman–Crippen MR) is 80.7 cm³/mol. The monoisotopic (exact) mass is 320 g/mol. The quantitative estimate of drug-likeness (QED) is 0.940. The van der Waals surface area contributed by atoms with Gasteiger partial charge in [0.15, 0.2) is 10.8 Å². The van der Waals surface area contributed by atoms with E-state index in [0.29, 0.717) is 35.0 Å². The number of carbonyl (C=O) groups excluding carboxylic acids is 1. The number of nitrogens with zero attached hydrogens (tertiary/aromatic N) is 2. The molecule has 1 saturated heterocycles. The van der Waals surface area contributed by atoms with Crippen molar-refractivity contribution in [2.45, 2.75) is 19.8 Å². The van der Waals surface area contributed by atoms with Crippen LogP contribution in [0.2, 0.25) is 0 Å². The average Bonchev–Trinajstić information content (AvgIpc) is 3.17. The molecule has 0 radical (unpaired) electrons. The van der Waals surface area contributed by atoms with E-state index >= 15 is 0 Å². The molecule has 0 aromatic carbocycles. The Morgan fingerprint density at radius 2 is 2.32 bits per heavy atom. The third kappa shape index (κ3) is 2.64. The third-order valence-corrected chi connectivity index (χ3v) is 4.95. The van der Waals surface area contributed by atoms with Gasteiger partial charge in [-0.1, -0.05) is 0 Å². The topological polar surface area (TPSA) is 83.6 Å². The molecule has 2 aromatic rings. The molecule has 1 aliphatic rings. The van der Waals surface area contributed by atoms with Crippen LogP contribution in [0.15, 0.2) is 29.0 Å². The van der Waals surface area contributed by atoms with Crippen LogP contribution < -0.4 is 0 Å². The number of aliphatic carboxylic acids is 1. The van der Waals surface area contributed by atoms with Crippen LogP contribution >= 0.6 is 11.3 Å². The fourth-order valence-corrected chi connectivity index (χ4v) is 3.48. The fraction of sp³-hybridized carbons (Fsp3) is 0.400. The molecule has 22 heavy (non-hydrogen) atoms. The molecular weight excluding hydrogens is 304 g/mol. The summed E-state index contributed by atoms with van der Waals surface area (Å²) in [6.45, 7) is 2.50. The van der Waals surface area contributed by atoms with Gasteiger partial charge in [0.25, 0.3) is 5.91 Å². The molecule has 1 N–H and O–H groups in total. The van der Waals surface area contributed by atoms with Crippen molar-refractivity contribution in [2.75, 3.05) is 13.1 Å². The largest absolute Gasteiger partial charge is 0.481 e. The van der Waals surface area contributed by atoms with Gasteiger partial charge in [-0.2, -0.15) is 0 Å². The van der Waals surface area contributed by atoms with Crippen LogP contribution in [0.3, 0.4) is 0 Å². The summed E-state index contributed by atoms with van der Waals surface area (Å²) in [5, 5.41) is 9.98. The normalized spacial score (nSPS) is 21.8. The molecule has 1 unspecified atom stereocenters. The van der Waals surface area contributed by atoms with Crippen molar-refractivity contribution < 1.29 is 19.1 Å². The van der Waals surface area contributed by atoms with Crippen molar-refractivity contribution in [2.24, 2.45) is 5.41 Å². The van der Waals surface area contributed by atoms with Crippen molar-refractivity contribution in [1.29, 1.82) is 0 Å². The Bertz CT molecular complexity index is 694. The first kappa shape index (κ1) is 14.8. The highest BCUT2D eigenvalue weighted by Gasteiger charge is 2.39. The Balaban J connectivity index is 1.78. The minimum absolute atomic E-state index is 0.164. The fourth-order valence-electron chi connectivity index (χ4n) is 2.63. The van der Waals surface area contributed by atoms with Gasteiger partial charge in [0.05, 0.1) is 17.9 Å². The van der Waals surface area contributed by atoms with Crippen LogP contribution in [0.1, 0.15) is 29.4 Å². The van der Waals surface area contributed by atoms with Crippen molar-refractivity contribution in [1.82, 2.24) is 9.88 Å². The lowest BCUT2D eigenvalue weighted by atomic mass is 9.82. The van der Waals surface area contributed by atoms with Crippen LogP contribution in [0.5, 0.6) is 0 Å². The molecule has 0 saturated carbocycles. The SMILES string of the molecule is CC1(C(=O)O)CCCN(C(=O)c2cnc(-c3ccco3)s2)C1. The van der Waals surface area contributed by atoms with Gasteiger partial charge in [-0.05, 0) is 31.9 Å². The number of thiazole rings is 1. The highest BCUT2D eigenvalue weighted by molar-refractivity contribution is 7.16. The summed E-state index contributed by atoms with van der Waals surface area (Å²) in [5.41, 5.74) is -0.873. The van der Waals surface area contributed by atoms with E-state index in [-0.39, 0.29) is 12.5 Å². The summed E-state index contributed by atoms with van der Waals surface area (Å²) in [5.74, 6) is -0.397. The maximum Gasteiger partial charge on any atom is 0.311 e. The molecular formula is C15H16N2O4S. The molecule has 1 amide bonds. The smallest absolute Gasteiger partial charge is 0.311 e. The van der Waals surface area contributed by atoms with E-state index < -0.39 is 11.4 Å². The minimum Gasteiger partial charge on any atom is -0.481 e. The highest BCUT2D eigenvalue weighted by Crippen LogP contribution is 2.32. The van der Waals surface area contributed by atoms with Gasteiger partial charge in [0.2, 0.25) is 0 Å². The third-order valence-electron chi connectivity index (χ3n) is 3.95. The zero-order valence-corrected chi connectivity index (χ0v) is 12.9. The van der Waals surface area contributed by atoms with Gasteiger partial charge < -0.3 is 14.4 Å². The van der Waals surface area contributed by atoms with Gasteiger partial charge in [0.1, 0.15) is 4.88 Å². The number of piperidine rings is 1. The first-order chi connectivity index (χ1) is 10.5. The van der Waals surface area contributed by atoms with E-state index in [9.17, 15) is 14.7 Å². The van der Waals surface area contributed by atoms with Gasteiger partial charge in [-0.15, -0.1) is 11.3 Å². The molecule has 3 heterocycles. The first-order valence-corrected chi connectivity index (χ1v) is 7.84. The predicted octanol–water partition coefficient (Wildman–Crippen LogP) is 2.73. The van der Waals surface area contributed by atoms with E-state index in [1.807, 2.05) is 0 Å². The molecule has 1 aliphatic heterocycles. The summed E-state index contributed by atoms with van der Waals surface area (Å²) in [4.78, 5) is 30.3. The number of furan rings is 1. The zero-order chi connectivity index (χ0) is 15.7. The molecule has 0 bridgehead atoms. The van der Waals surface area contributed by atoms with Crippen molar-refractivity contribution >= 4 is 23.2 Å². The lowest BCUT2D eigenvalue weighted by Crippen LogP contribution is -2.48. The lowest BCUT2D eigenvalue weighted by Gasteiger charge is -2.37. The second kappa shape index (κ2) is 5.57. The van der Waals surface area contributed by atoms with Crippen LogP contribution in [0, 0.1) is 5.41 Å². The Morgan fingerprint density at radius 3 is 3.00 bits per heavy atom. The summed E-state index contributed by atoms with van der Waals surface area (Å²) in [7, 11) is 0. The second-order valence-electron chi connectivity index (χ2n) is 5.70. The van der Waals surface area contributed by atoms with E-state index in [1.165, 1.54) is 17.5 Å². The van der Waals surface area contributed by atoms with Crippen LogP contribution in [-0.4, -0.2) is 40.0 Å². The molecule has 3 rings (SSSR count). The van der Waals surface area contributed by atoms with Crippen LogP contribution in [0.25, 0.3) is 10.8 Å². The summed E-state index contributed by atoms with van der Waals surface area (Å²) in [6, 6.07) is 3.55. The number of aromatic nitrogens is 1. The van der Waals surface area contributed by atoms with Crippen molar-refractivity contribution in [3.05, 3.63) is 29.5 Å². The van der Waals surface area contributed by atoms with Crippen LogP contribution in [0.4, 0.5) is 0 Å². The molecule has 1 atom stereocenters. The van der Waals surface area contributed by atoms with Crippen LogP contribution in [-0.2, 0) is 4.79 Å². The number of rotatable bonds is 3. The Hall–Kier alpha value is -2.15. The molecule has 0 spiro atoms. The molecule has 2 aromatic heterocycles. The number of likely N-dealkylation sites (tertiary alicyclic amines) is 1. The molecule has 0 aliphatic carbocycles. The standard InChI is InChI=1S/C15H16N2O4S/c1-15(14(19)20)5-3-6-17(9-15)13(18)11-8-16-12(22-11)10-4-2-7-21-10/h2,4,7-8H,3,5-6,9H2,1H3,(H,19,20). The van der Waals surface area contributed by atoms with Gasteiger partial charge >= 0.3 is 5.97 Å². The van der Waals surface area contributed by atoms with Crippen molar-refractivity contribution in [3.8, 4) is 10.8 Å². The molecule has 7 heteroatoms. The number of carboxylic acids is 1. The average molecular weight is 320 g/mol. The first-order valence-electron chi connectivity index (χ1n) is 7.02. The number of carbonyl (C=O) groups is 2. The Kier molecular flexibility index (Phi) is 3.74. The number of hydrogen-bond donors (Lipinski definition) is 1. The maximum atomic E-state index is 12.6. The van der Waals surface area contributed by atoms with E-state index in [2.05, 4.69) is 4.98 Å². The van der Waals surface area contributed by atoms with E-state index in [0.717, 1.165) is 0 Å². The van der Waals surface area contributed by atoms with Crippen molar-refractivity contribution in [3.63, 3.8) is 0 Å². The Labute approximate surface area is 131 Å². The zero-order valence-electron chi connectivity index (χ0n) is 12.1.